The Morgan fingerprint density at radius 2 is 1.71 bits per heavy atom. The molecule has 0 aromatic carbocycles. The summed E-state index contributed by atoms with van der Waals surface area (Å²) < 4.78 is 16.3. The molecule has 0 rings (SSSR count). The largest absolute Gasteiger partial charge is 0.501 e. The van der Waals surface area contributed by atoms with Crippen LogP contribution in [0.25, 0.3) is 0 Å². The Balaban J connectivity index is 3.82. The molecule has 5 heteroatoms. The number of rotatable bonds is 9. The first-order valence-corrected chi connectivity index (χ1v) is 7.12. The summed E-state index contributed by atoms with van der Waals surface area (Å²) >= 11 is 0. The molecular weight excluding hydrogens is 198 g/mol. The topological polar surface area (TPSA) is 39.7 Å². The van der Waals surface area contributed by atoms with E-state index < -0.39 is 8.80 Å². The van der Waals surface area contributed by atoms with E-state index in [1.807, 2.05) is 6.92 Å². The molecule has 0 aliphatic heterocycles. The molecule has 1 N–H and O–H groups in total. The van der Waals surface area contributed by atoms with E-state index in [9.17, 15) is 0 Å². The van der Waals surface area contributed by atoms with Gasteiger partial charge in [0.25, 0.3) is 0 Å². The Morgan fingerprint density at radius 3 is 2.14 bits per heavy atom. The predicted octanol–water partition coefficient (Wildman–Crippen LogP) is 1.25. The Labute approximate surface area is 88.3 Å². The van der Waals surface area contributed by atoms with Crippen molar-refractivity contribution in [3.8, 4) is 0 Å². The van der Waals surface area contributed by atoms with Crippen molar-refractivity contribution in [2.75, 3.05) is 33.9 Å². The lowest BCUT2D eigenvalue weighted by Gasteiger charge is -2.25. The van der Waals surface area contributed by atoms with Gasteiger partial charge in [-0.2, -0.15) is 0 Å². The van der Waals surface area contributed by atoms with Crippen molar-refractivity contribution < 1.29 is 13.3 Å². The Bertz CT molecular complexity index is 131. The molecule has 0 bridgehead atoms. The van der Waals surface area contributed by atoms with E-state index in [1.165, 1.54) is 0 Å². The minimum Gasteiger partial charge on any atom is -0.377 e. The molecule has 0 heterocycles. The smallest absolute Gasteiger partial charge is 0.377 e. The van der Waals surface area contributed by atoms with Gasteiger partial charge in [0.05, 0.1) is 0 Å². The van der Waals surface area contributed by atoms with Crippen LogP contribution >= 0.6 is 0 Å². The molecule has 86 valence electrons. The maximum Gasteiger partial charge on any atom is 0.501 e. The molecular formula is C9H23NO3Si. The third kappa shape index (κ3) is 5.07. The van der Waals surface area contributed by atoms with Gasteiger partial charge in [0.15, 0.2) is 0 Å². The van der Waals surface area contributed by atoms with Crippen molar-refractivity contribution in [3.05, 3.63) is 0 Å². The number of hydrogen-bond acceptors (Lipinski definition) is 4. The summed E-state index contributed by atoms with van der Waals surface area (Å²) in [6, 6.07) is 0.827. The minimum atomic E-state index is -2.36. The average Bonchev–Trinajstić information content (AvgIpc) is 2.23. The van der Waals surface area contributed by atoms with E-state index in [-0.39, 0.29) is 0 Å². The molecule has 0 aliphatic carbocycles. The van der Waals surface area contributed by atoms with E-state index in [0.29, 0.717) is 6.61 Å². The van der Waals surface area contributed by atoms with Gasteiger partial charge in [-0.05, 0) is 26.4 Å². The molecule has 4 nitrogen and oxygen atoms in total. The Kier molecular flexibility index (Phi) is 8.41. The Morgan fingerprint density at radius 1 is 1.07 bits per heavy atom. The van der Waals surface area contributed by atoms with Crippen molar-refractivity contribution in [2.24, 2.45) is 0 Å². The summed E-state index contributed by atoms with van der Waals surface area (Å²) in [5.41, 5.74) is 0. The van der Waals surface area contributed by atoms with Gasteiger partial charge in [-0.15, -0.1) is 0 Å². The third-order valence-electron chi connectivity index (χ3n) is 2.02. The fraction of sp³-hybridized carbons (Fsp3) is 1.00. The maximum atomic E-state index is 5.56. The molecule has 0 radical (unpaired) electrons. The molecule has 0 aromatic rings. The minimum absolute atomic E-state index is 0.641. The molecule has 0 aromatic heterocycles. The van der Waals surface area contributed by atoms with Crippen molar-refractivity contribution in [3.63, 3.8) is 0 Å². The van der Waals surface area contributed by atoms with Crippen LogP contribution in [0, 0.1) is 0 Å². The van der Waals surface area contributed by atoms with Gasteiger partial charge in [-0.1, -0.05) is 6.92 Å². The summed E-state index contributed by atoms with van der Waals surface area (Å²) in [4.78, 5) is 0. The van der Waals surface area contributed by atoms with Crippen LogP contribution in [0.5, 0.6) is 0 Å². The molecule has 14 heavy (non-hydrogen) atoms. The van der Waals surface area contributed by atoms with E-state index in [2.05, 4.69) is 12.2 Å². The first kappa shape index (κ1) is 14.1. The van der Waals surface area contributed by atoms with Crippen LogP contribution in [-0.4, -0.2) is 42.7 Å². The summed E-state index contributed by atoms with van der Waals surface area (Å²) in [5, 5.41) is 3.31. The van der Waals surface area contributed by atoms with Gasteiger partial charge in [0.2, 0.25) is 0 Å². The SMILES string of the molecule is CCCNCC[Si](OC)(OC)OCC. The molecule has 0 unspecified atom stereocenters. The highest BCUT2D eigenvalue weighted by molar-refractivity contribution is 6.60. The summed E-state index contributed by atoms with van der Waals surface area (Å²) in [6.45, 7) is 6.67. The van der Waals surface area contributed by atoms with E-state index in [0.717, 1.165) is 25.6 Å². The molecule has 0 aliphatic rings. The highest BCUT2D eigenvalue weighted by Gasteiger charge is 2.37. The summed E-state index contributed by atoms with van der Waals surface area (Å²) in [7, 11) is 0.960. The first-order valence-electron chi connectivity index (χ1n) is 5.19. The zero-order valence-electron chi connectivity index (χ0n) is 9.76. The number of hydrogen-bond donors (Lipinski definition) is 1. The zero-order chi connectivity index (χ0) is 10.9. The molecule has 0 saturated heterocycles. The van der Waals surface area contributed by atoms with E-state index in [1.54, 1.807) is 14.2 Å². The number of nitrogens with one attached hydrogen (secondary N) is 1. The highest BCUT2D eigenvalue weighted by Crippen LogP contribution is 2.12. The van der Waals surface area contributed by atoms with E-state index in [4.69, 9.17) is 13.3 Å². The molecule has 0 amide bonds. The lowest BCUT2D eigenvalue weighted by molar-refractivity contribution is 0.104. The van der Waals surface area contributed by atoms with Crippen LogP contribution in [0.2, 0.25) is 6.04 Å². The quantitative estimate of drug-likeness (QED) is 0.470. The van der Waals surface area contributed by atoms with Crippen LogP contribution in [0.1, 0.15) is 20.3 Å². The van der Waals surface area contributed by atoms with Crippen molar-refractivity contribution in [2.45, 2.75) is 26.3 Å². The van der Waals surface area contributed by atoms with Crippen molar-refractivity contribution in [1.82, 2.24) is 5.32 Å². The fourth-order valence-electron chi connectivity index (χ4n) is 1.24. The van der Waals surface area contributed by atoms with Crippen LogP contribution < -0.4 is 5.32 Å². The standard InChI is InChI=1S/C9H23NO3Si/c1-5-7-10-8-9-14(11-3,12-4)13-6-2/h10H,5-9H2,1-4H3. The maximum absolute atomic E-state index is 5.56. The monoisotopic (exact) mass is 221 g/mol. The second kappa shape index (κ2) is 8.37. The second-order valence-electron chi connectivity index (χ2n) is 3.02. The van der Waals surface area contributed by atoms with Gasteiger partial charge in [-0.25, -0.2) is 0 Å². The zero-order valence-corrected chi connectivity index (χ0v) is 10.8. The fourth-order valence-corrected chi connectivity index (χ4v) is 3.12. The second-order valence-corrected chi connectivity index (χ2v) is 6.00. The van der Waals surface area contributed by atoms with Crippen LogP contribution in [0.15, 0.2) is 0 Å². The van der Waals surface area contributed by atoms with Crippen LogP contribution in [-0.2, 0) is 13.3 Å². The normalized spacial score (nSPS) is 12.0. The van der Waals surface area contributed by atoms with E-state index >= 15 is 0 Å². The molecule has 0 atom stereocenters. The molecule has 0 saturated carbocycles. The lowest BCUT2D eigenvalue weighted by Crippen LogP contribution is -2.46. The van der Waals surface area contributed by atoms with Gasteiger partial charge < -0.3 is 18.6 Å². The van der Waals surface area contributed by atoms with Crippen molar-refractivity contribution >= 4 is 8.80 Å². The summed E-state index contributed by atoms with van der Waals surface area (Å²) in [6.07, 6.45) is 1.14. The summed E-state index contributed by atoms with van der Waals surface area (Å²) in [5.74, 6) is 0. The van der Waals surface area contributed by atoms with Gasteiger partial charge >= 0.3 is 8.80 Å². The average molecular weight is 221 g/mol. The van der Waals surface area contributed by atoms with Gasteiger partial charge in [-0.3, -0.25) is 0 Å². The molecule has 0 spiro atoms. The van der Waals surface area contributed by atoms with Gasteiger partial charge in [0, 0.05) is 26.9 Å². The third-order valence-corrected chi connectivity index (χ3v) is 4.86. The van der Waals surface area contributed by atoms with Gasteiger partial charge in [0.1, 0.15) is 0 Å². The predicted molar refractivity (Wildman–Crippen MR) is 59.4 cm³/mol. The lowest BCUT2D eigenvalue weighted by atomic mass is 10.5. The Hall–Kier alpha value is 0.0569. The highest BCUT2D eigenvalue weighted by atomic mass is 28.4. The van der Waals surface area contributed by atoms with Crippen LogP contribution in [0.4, 0.5) is 0 Å². The van der Waals surface area contributed by atoms with Crippen LogP contribution in [0.3, 0.4) is 0 Å². The molecule has 0 fully saturated rings. The first-order chi connectivity index (χ1) is 6.74. The van der Waals surface area contributed by atoms with Crippen molar-refractivity contribution in [1.29, 1.82) is 0 Å².